The van der Waals surface area contributed by atoms with Crippen LogP contribution in [-0.4, -0.2) is 34.6 Å². The van der Waals surface area contributed by atoms with Gasteiger partial charge in [-0.1, -0.05) is 43.0 Å². The van der Waals surface area contributed by atoms with Crippen molar-refractivity contribution in [1.82, 2.24) is 0 Å². The summed E-state index contributed by atoms with van der Waals surface area (Å²) in [5.74, 6) is -0.140. The third kappa shape index (κ3) is 8.88. The van der Waals surface area contributed by atoms with Gasteiger partial charge >= 0.3 is 12.1 Å². The molecular formula is C18H25F3O3Si. The minimum absolute atomic E-state index is 0.0193. The van der Waals surface area contributed by atoms with Crippen molar-refractivity contribution in [2.24, 2.45) is 0 Å². The van der Waals surface area contributed by atoms with Crippen LogP contribution in [0.3, 0.4) is 0 Å². The molecule has 1 heterocycles. The third-order valence-electron chi connectivity index (χ3n) is 3.87. The normalized spacial score (nSPS) is 20.3. The number of carbonyl (C=O) groups excluding carboxylic acids is 1. The fourth-order valence-electron chi connectivity index (χ4n) is 2.41. The molecule has 1 aliphatic heterocycles. The minimum Gasteiger partial charge on any atom is -0.461 e. The summed E-state index contributed by atoms with van der Waals surface area (Å²) >= 11 is 0. The van der Waals surface area contributed by atoms with Gasteiger partial charge in [0.25, 0.3) is 0 Å². The summed E-state index contributed by atoms with van der Waals surface area (Å²) in [4.78, 5) is 11.3. The van der Waals surface area contributed by atoms with Gasteiger partial charge in [0.1, 0.15) is 6.61 Å². The van der Waals surface area contributed by atoms with E-state index in [1.165, 1.54) is 18.6 Å². The average molecular weight is 374 g/mol. The number of halogens is 3. The highest BCUT2D eigenvalue weighted by atomic mass is 28.1. The molecule has 0 saturated carbocycles. The maximum atomic E-state index is 11.8. The molecule has 1 fully saturated rings. The van der Waals surface area contributed by atoms with Crippen molar-refractivity contribution < 1.29 is 27.4 Å². The molecule has 2 rings (SSSR count). The monoisotopic (exact) mass is 374 g/mol. The van der Waals surface area contributed by atoms with Gasteiger partial charge < -0.3 is 9.47 Å². The Bertz CT molecular complexity index is 526. The number of alkyl halides is 3. The molecule has 0 aliphatic carbocycles. The highest BCUT2D eigenvalue weighted by Gasteiger charge is 2.29. The molecule has 7 heteroatoms. The summed E-state index contributed by atoms with van der Waals surface area (Å²) in [6.45, 7) is 4.67. The van der Waals surface area contributed by atoms with Crippen LogP contribution in [0, 0.1) is 0 Å². The largest absolute Gasteiger partial charge is 0.461 e. The molecular weight excluding hydrogens is 349 g/mol. The maximum Gasteiger partial charge on any atom is 0.416 e. The Balaban J connectivity index is 0.000000271. The number of ether oxygens (including phenoxy) is 2. The lowest BCUT2D eigenvalue weighted by Gasteiger charge is -2.33. The summed E-state index contributed by atoms with van der Waals surface area (Å²) in [5, 5.41) is 0.0193. The lowest BCUT2D eigenvalue weighted by atomic mass is 10.0. The number of carbonyl (C=O) groups is 1. The van der Waals surface area contributed by atoms with Crippen LogP contribution in [0.4, 0.5) is 13.2 Å². The van der Waals surface area contributed by atoms with E-state index in [0.29, 0.717) is 13.0 Å². The van der Waals surface area contributed by atoms with E-state index in [0.717, 1.165) is 48.2 Å². The molecule has 25 heavy (non-hydrogen) atoms. The number of benzene rings is 1. The molecule has 1 saturated heterocycles. The molecule has 0 aromatic heterocycles. The Kier molecular flexibility index (Phi) is 8.92. The number of esters is 1. The first-order valence-corrected chi connectivity index (χ1v) is 9.29. The van der Waals surface area contributed by atoms with Gasteiger partial charge in [-0.05, 0) is 25.7 Å². The van der Waals surface area contributed by atoms with Crippen molar-refractivity contribution >= 4 is 16.2 Å². The molecule has 1 aromatic rings. The summed E-state index contributed by atoms with van der Waals surface area (Å²) in [6, 6.07) is 6.36. The van der Waals surface area contributed by atoms with E-state index in [4.69, 9.17) is 9.47 Å². The molecule has 3 nitrogen and oxygen atoms in total. The summed E-state index contributed by atoms with van der Waals surface area (Å²) in [7, 11) is 0.990. The van der Waals surface area contributed by atoms with E-state index >= 15 is 0 Å². The maximum absolute atomic E-state index is 11.8. The molecule has 0 radical (unpaired) electrons. The Labute approximate surface area is 149 Å². The van der Waals surface area contributed by atoms with Crippen LogP contribution in [0.15, 0.2) is 43.0 Å². The number of rotatable bonds is 5. The molecule has 1 aromatic carbocycles. The van der Waals surface area contributed by atoms with Gasteiger partial charge in [0.05, 0.1) is 5.56 Å². The molecule has 0 N–H and O–H groups in total. The van der Waals surface area contributed by atoms with Crippen molar-refractivity contribution in [3.8, 4) is 0 Å². The van der Waals surface area contributed by atoms with Crippen LogP contribution in [0.25, 0.3) is 0 Å². The molecule has 140 valence electrons. The second kappa shape index (κ2) is 10.4. The second-order valence-electron chi connectivity index (χ2n) is 6.09. The van der Waals surface area contributed by atoms with Crippen LogP contribution in [0.2, 0.25) is 0 Å². The van der Waals surface area contributed by atoms with Crippen molar-refractivity contribution in [1.29, 1.82) is 0 Å². The number of hydrogen-bond donors (Lipinski definition) is 0. The van der Waals surface area contributed by atoms with Gasteiger partial charge in [-0.15, -0.1) is 0 Å². The second-order valence-corrected chi connectivity index (χ2v) is 7.91. The van der Waals surface area contributed by atoms with Gasteiger partial charge in [-0.2, -0.15) is 13.2 Å². The van der Waals surface area contributed by atoms with Gasteiger partial charge in [0.2, 0.25) is 0 Å². The Morgan fingerprint density at radius 2 is 2.00 bits per heavy atom. The van der Waals surface area contributed by atoms with E-state index in [-0.39, 0.29) is 11.2 Å². The Morgan fingerprint density at radius 3 is 2.48 bits per heavy atom. The first-order chi connectivity index (χ1) is 11.8. The zero-order chi connectivity index (χ0) is 18.8. The summed E-state index contributed by atoms with van der Waals surface area (Å²) in [5.41, 5.74) is -0.602. The topological polar surface area (TPSA) is 35.5 Å². The zero-order valence-corrected chi connectivity index (χ0v) is 16.5. The molecule has 1 atom stereocenters. The van der Waals surface area contributed by atoms with E-state index in [1.807, 2.05) is 0 Å². The predicted molar refractivity (Wildman–Crippen MR) is 94.3 cm³/mol. The molecule has 0 amide bonds. The van der Waals surface area contributed by atoms with E-state index in [9.17, 15) is 18.0 Å². The van der Waals surface area contributed by atoms with Gasteiger partial charge in [0.15, 0.2) is 0 Å². The summed E-state index contributed by atoms with van der Waals surface area (Å²) in [6.07, 6.45) is 2.16. The molecule has 1 aliphatic rings. The lowest BCUT2D eigenvalue weighted by molar-refractivity contribution is -0.144. The first kappa shape index (κ1) is 21.4. The standard InChI is InChI=1S/C11H20O3Si.C7H5F3/c1-2-8-13-10(12)5-7-11(15)6-3-4-9-14-11;8-7(9,10)6-4-2-1-3-5-6/h2H,1,3-9H2,15H3;1-5H. The molecule has 0 bridgehead atoms. The smallest absolute Gasteiger partial charge is 0.416 e. The van der Waals surface area contributed by atoms with Gasteiger partial charge in [-0.25, -0.2) is 0 Å². The van der Waals surface area contributed by atoms with E-state index < -0.39 is 11.7 Å². The summed E-state index contributed by atoms with van der Waals surface area (Å²) < 4.78 is 46.0. The van der Waals surface area contributed by atoms with Crippen LogP contribution in [0.1, 0.15) is 37.7 Å². The van der Waals surface area contributed by atoms with E-state index in [1.54, 1.807) is 12.1 Å². The zero-order valence-electron chi connectivity index (χ0n) is 14.5. The van der Waals surface area contributed by atoms with Crippen LogP contribution in [-0.2, 0) is 20.4 Å². The third-order valence-corrected chi connectivity index (χ3v) is 5.16. The van der Waals surface area contributed by atoms with Crippen molar-refractivity contribution in [2.75, 3.05) is 13.2 Å². The average Bonchev–Trinajstić information content (AvgIpc) is 2.59. The fraction of sp³-hybridized carbons (Fsp3) is 0.500. The van der Waals surface area contributed by atoms with Crippen molar-refractivity contribution in [2.45, 2.75) is 43.5 Å². The first-order valence-electron chi connectivity index (χ1n) is 8.29. The van der Waals surface area contributed by atoms with Crippen molar-refractivity contribution in [3.05, 3.63) is 48.6 Å². The van der Waals surface area contributed by atoms with Crippen molar-refractivity contribution in [3.63, 3.8) is 0 Å². The molecule has 1 unspecified atom stereocenters. The van der Waals surface area contributed by atoms with Gasteiger partial charge in [0, 0.05) is 28.5 Å². The Morgan fingerprint density at radius 1 is 1.32 bits per heavy atom. The van der Waals surface area contributed by atoms with Gasteiger partial charge in [-0.3, -0.25) is 4.79 Å². The van der Waals surface area contributed by atoms with Crippen LogP contribution >= 0.6 is 0 Å². The fourth-order valence-corrected chi connectivity index (χ4v) is 3.21. The van der Waals surface area contributed by atoms with Crippen LogP contribution < -0.4 is 0 Å². The lowest BCUT2D eigenvalue weighted by Crippen LogP contribution is -2.37. The highest BCUT2D eigenvalue weighted by Crippen LogP contribution is 2.28. The molecule has 0 spiro atoms. The Hall–Kier alpha value is -1.60. The minimum atomic E-state index is -4.21. The predicted octanol–water partition coefficient (Wildman–Crippen LogP) is 3.46. The number of hydrogen-bond acceptors (Lipinski definition) is 3. The van der Waals surface area contributed by atoms with E-state index in [2.05, 4.69) is 6.58 Å². The van der Waals surface area contributed by atoms with Crippen LogP contribution in [0.5, 0.6) is 0 Å². The quantitative estimate of drug-likeness (QED) is 0.450. The highest BCUT2D eigenvalue weighted by molar-refractivity contribution is 6.14. The SMILES string of the molecule is C=CCOC(=O)CCC1([SiH3])CCCCO1.FC(F)(F)c1ccccc1.